The summed E-state index contributed by atoms with van der Waals surface area (Å²) in [4.78, 5) is 24.7. The maximum Gasteiger partial charge on any atom is 0.522 e. The molecular weight excluding hydrogens is 675 g/mol. The largest absolute Gasteiger partial charge is 0.522 e. The van der Waals surface area contributed by atoms with Gasteiger partial charge in [0.1, 0.15) is 0 Å². The maximum atomic E-state index is 13.7. The monoisotopic (exact) mass is 717 g/mol. The zero-order valence-electron chi connectivity index (χ0n) is 28.7. The summed E-state index contributed by atoms with van der Waals surface area (Å²) in [5, 5.41) is 0.625. The smallest absolute Gasteiger partial charge is 0.493 e. The van der Waals surface area contributed by atoms with Crippen molar-refractivity contribution in [3.8, 4) is 17.2 Å². The van der Waals surface area contributed by atoms with E-state index < -0.39 is 13.0 Å². The number of imidazole rings is 1. The summed E-state index contributed by atoms with van der Waals surface area (Å²) in [5.74, 6) is 1.65. The Hall–Kier alpha value is -4.20. The van der Waals surface area contributed by atoms with Crippen molar-refractivity contribution in [3.63, 3.8) is 0 Å². The van der Waals surface area contributed by atoms with E-state index in [1.165, 1.54) is 21.3 Å². The first-order chi connectivity index (χ1) is 24.0. The van der Waals surface area contributed by atoms with Crippen LogP contribution >= 0.6 is 11.6 Å². The van der Waals surface area contributed by atoms with Crippen LogP contribution < -0.4 is 19.1 Å². The van der Waals surface area contributed by atoms with Gasteiger partial charge in [0, 0.05) is 56.3 Å². The third kappa shape index (κ3) is 9.12. The SMILES string of the molecule is COc1cc(C(=O)N(C)CC(CCN2CCCN(c3nc4ccccc4n3CCOC(F)(F)F)CC2)c2cccc(Cl)c2)cc(OC)c1OC. The fourth-order valence-electron chi connectivity index (χ4n) is 6.47. The van der Waals surface area contributed by atoms with Crippen molar-refractivity contribution in [3.05, 3.63) is 76.8 Å². The molecule has 5 rings (SSSR count). The van der Waals surface area contributed by atoms with Crippen molar-refractivity contribution in [2.75, 3.05) is 79.2 Å². The fraction of sp³-hybridized carbons (Fsp3) is 0.444. The lowest BCUT2D eigenvalue weighted by atomic mass is 9.94. The second-order valence-corrected chi connectivity index (χ2v) is 12.6. The molecule has 0 saturated carbocycles. The number of methoxy groups -OCH3 is 3. The summed E-state index contributed by atoms with van der Waals surface area (Å²) in [5.41, 5.74) is 2.94. The Labute approximate surface area is 295 Å². The summed E-state index contributed by atoms with van der Waals surface area (Å²) in [6, 6.07) is 18.5. The van der Waals surface area contributed by atoms with Crippen LogP contribution in [0.2, 0.25) is 5.02 Å². The number of benzene rings is 3. The number of ether oxygens (including phenoxy) is 4. The molecule has 0 bridgehead atoms. The first-order valence-corrected chi connectivity index (χ1v) is 16.8. The van der Waals surface area contributed by atoms with Crippen molar-refractivity contribution in [1.82, 2.24) is 19.4 Å². The topological polar surface area (TPSA) is 81.5 Å². The summed E-state index contributed by atoms with van der Waals surface area (Å²) in [6.45, 7) is 3.69. The van der Waals surface area contributed by atoms with Gasteiger partial charge in [0.25, 0.3) is 5.91 Å². The molecule has 1 aliphatic heterocycles. The number of halogens is 4. The normalized spacial score (nSPS) is 14.8. The molecule has 1 amide bonds. The van der Waals surface area contributed by atoms with E-state index in [1.807, 2.05) is 53.1 Å². The third-order valence-electron chi connectivity index (χ3n) is 8.95. The number of anilines is 1. The second-order valence-electron chi connectivity index (χ2n) is 12.2. The van der Waals surface area contributed by atoms with Gasteiger partial charge in [0.2, 0.25) is 11.7 Å². The molecule has 1 saturated heterocycles. The molecule has 0 radical (unpaired) electrons. The fourth-order valence-corrected chi connectivity index (χ4v) is 6.67. The number of nitrogens with zero attached hydrogens (tertiary/aromatic N) is 5. The Bertz CT molecular complexity index is 1730. The van der Waals surface area contributed by atoms with E-state index in [4.69, 9.17) is 30.8 Å². The number of alkyl halides is 3. The number of rotatable bonds is 14. The van der Waals surface area contributed by atoms with Crippen molar-refractivity contribution < 1.29 is 36.9 Å². The molecule has 10 nitrogen and oxygen atoms in total. The quantitative estimate of drug-likeness (QED) is 0.143. The van der Waals surface area contributed by atoms with Gasteiger partial charge in [-0.3, -0.25) is 9.53 Å². The molecule has 2 heterocycles. The molecule has 1 aromatic heterocycles. The van der Waals surface area contributed by atoms with Crippen molar-refractivity contribution in [2.45, 2.75) is 31.7 Å². The van der Waals surface area contributed by atoms with Crippen LogP contribution in [0.25, 0.3) is 11.0 Å². The Kier molecular flexibility index (Phi) is 12.4. The van der Waals surface area contributed by atoms with E-state index >= 15 is 0 Å². The van der Waals surface area contributed by atoms with Gasteiger partial charge in [-0.1, -0.05) is 35.9 Å². The van der Waals surface area contributed by atoms with E-state index in [1.54, 1.807) is 24.1 Å². The Morgan fingerprint density at radius 1 is 0.940 bits per heavy atom. The van der Waals surface area contributed by atoms with E-state index in [9.17, 15) is 18.0 Å². The van der Waals surface area contributed by atoms with Crippen LogP contribution in [0.15, 0.2) is 60.7 Å². The van der Waals surface area contributed by atoms with Gasteiger partial charge in [0.15, 0.2) is 11.5 Å². The lowest BCUT2D eigenvalue weighted by molar-refractivity contribution is -0.325. The number of fused-ring (bicyclic) bond motifs is 1. The Balaban J connectivity index is 1.28. The minimum Gasteiger partial charge on any atom is -0.493 e. The highest BCUT2D eigenvalue weighted by molar-refractivity contribution is 6.30. The van der Waals surface area contributed by atoms with Gasteiger partial charge in [-0.25, -0.2) is 4.98 Å². The number of hydrogen-bond donors (Lipinski definition) is 0. The van der Waals surface area contributed by atoms with Crippen LogP contribution in [-0.2, 0) is 11.3 Å². The predicted octanol–water partition coefficient (Wildman–Crippen LogP) is 6.71. The highest BCUT2D eigenvalue weighted by Crippen LogP contribution is 2.38. The Morgan fingerprint density at radius 2 is 1.68 bits per heavy atom. The molecule has 50 heavy (non-hydrogen) atoms. The minimum atomic E-state index is -4.69. The average molecular weight is 718 g/mol. The molecule has 0 spiro atoms. The Morgan fingerprint density at radius 3 is 2.36 bits per heavy atom. The molecular formula is C36H43ClF3N5O5. The van der Waals surface area contributed by atoms with Crippen LogP contribution in [0, 0.1) is 0 Å². The number of aromatic nitrogens is 2. The third-order valence-corrected chi connectivity index (χ3v) is 9.19. The van der Waals surface area contributed by atoms with Crippen LogP contribution in [0.4, 0.5) is 19.1 Å². The van der Waals surface area contributed by atoms with Gasteiger partial charge in [-0.2, -0.15) is 0 Å². The first-order valence-electron chi connectivity index (χ1n) is 16.5. The minimum absolute atomic E-state index is 0.0122. The van der Waals surface area contributed by atoms with E-state index in [0.29, 0.717) is 53.4 Å². The zero-order valence-corrected chi connectivity index (χ0v) is 29.5. The summed E-state index contributed by atoms with van der Waals surface area (Å²) in [7, 11) is 6.31. The van der Waals surface area contributed by atoms with Gasteiger partial charge < -0.3 is 33.5 Å². The van der Waals surface area contributed by atoms with Crippen molar-refractivity contribution in [2.24, 2.45) is 0 Å². The summed E-state index contributed by atoms with van der Waals surface area (Å²) < 4.78 is 60.6. The van der Waals surface area contributed by atoms with Crippen molar-refractivity contribution in [1.29, 1.82) is 0 Å². The van der Waals surface area contributed by atoms with Crippen LogP contribution in [0.1, 0.15) is 34.7 Å². The zero-order chi connectivity index (χ0) is 35.8. The van der Waals surface area contributed by atoms with Crippen LogP contribution in [-0.4, -0.2) is 106 Å². The number of amides is 1. The second kappa shape index (κ2) is 16.7. The molecule has 1 fully saturated rings. The average Bonchev–Trinajstić information content (AvgIpc) is 3.29. The number of likely N-dealkylation sites (N-methyl/N-ethyl adjacent to an activating group) is 1. The number of carbonyl (C=O) groups is 1. The van der Waals surface area contributed by atoms with Crippen LogP contribution in [0.5, 0.6) is 17.2 Å². The molecule has 1 atom stereocenters. The molecule has 0 N–H and O–H groups in total. The predicted molar refractivity (Wildman–Crippen MR) is 187 cm³/mol. The lowest BCUT2D eigenvalue weighted by Crippen LogP contribution is -2.35. The molecule has 270 valence electrons. The highest BCUT2D eigenvalue weighted by atomic mass is 35.5. The number of para-hydroxylation sites is 2. The first kappa shape index (κ1) is 37.1. The van der Waals surface area contributed by atoms with Crippen molar-refractivity contribution >= 4 is 34.5 Å². The molecule has 14 heteroatoms. The lowest BCUT2D eigenvalue weighted by Gasteiger charge is -2.28. The number of hydrogen-bond acceptors (Lipinski definition) is 8. The molecule has 3 aromatic carbocycles. The van der Waals surface area contributed by atoms with Gasteiger partial charge in [-0.05, 0) is 67.9 Å². The van der Waals surface area contributed by atoms with E-state index in [0.717, 1.165) is 49.1 Å². The molecule has 1 aliphatic rings. The van der Waals surface area contributed by atoms with Crippen LogP contribution in [0.3, 0.4) is 0 Å². The highest BCUT2D eigenvalue weighted by Gasteiger charge is 2.30. The number of carbonyl (C=O) groups excluding carboxylic acids is 1. The standard InChI is InChI=1S/C36H43ClF3N5O5/c1-42(34(46)27-22-31(47-2)33(49-4)32(23-27)48-3)24-26(25-9-7-10-28(37)21-25)13-16-43-14-8-15-44(18-17-43)35-41-29-11-5-6-12-30(29)45(35)19-20-50-36(38,39)40/h5-7,9-12,21-23,26H,8,13-20,24H2,1-4H3. The molecule has 4 aromatic rings. The van der Waals surface area contributed by atoms with E-state index in [2.05, 4.69) is 14.5 Å². The summed E-state index contributed by atoms with van der Waals surface area (Å²) in [6.07, 6.45) is -3.08. The van der Waals surface area contributed by atoms with Gasteiger partial charge in [0.05, 0.1) is 39.0 Å². The molecule has 0 aliphatic carbocycles. The van der Waals surface area contributed by atoms with E-state index in [-0.39, 0.29) is 18.4 Å². The van der Waals surface area contributed by atoms with Gasteiger partial charge in [-0.15, -0.1) is 13.2 Å². The van der Waals surface area contributed by atoms with Gasteiger partial charge >= 0.3 is 6.36 Å². The maximum absolute atomic E-state index is 13.7. The molecule has 1 unspecified atom stereocenters. The summed E-state index contributed by atoms with van der Waals surface area (Å²) >= 11 is 6.41.